The second-order valence-corrected chi connectivity index (χ2v) is 11.5. The van der Waals surface area contributed by atoms with Gasteiger partial charge in [-0.2, -0.15) is 5.10 Å². The van der Waals surface area contributed by atoms with E-state index in [0.29, 0.717) is 62.9 Å². The van der Waals surface area contributed by atoms with E-state index in [1.54, 1.807) is 62.4 Å². The summed E-state index contributed by atoms with van der Waals surface area (Å²) < 4.78 is 28.3. The first-order chi connectivity index (χ1) is 23.6. The molecule has 1 aliphatic rings. The number of urea groups is 1. The topological polar surface area (TPSA) is 149 Å². The normalized spacial score (nSPS) is 14.8. The van der Waals surface area contributed by atoms with Crippen LogP contribution < -0.4 is 35.0 Å². The number of rotatable bonds is 16. The number of amides is 2. The molecule has 2 atom stereocenters. The number of carbonyl (C=O) groups excluding carboxylic acids is 2. The molecule has 14 heteroatoms. The maximum atomic E-state index is 12.5. The van der Waals surface area contributed by atoms with Gasteiger partial charge in [-0.3, -0.25) is 5.43 Å². The van der Waals surface area contributed by atoms with Gasteiger partial charge in [0.2, 0.25) is 0 Å². The van der Waals surface area contributed by atoms with Gasteiger partial charge in [-0.15, -0.1) is 6.58 Å². The number of nitrogens with zero attached hydrogens (tertiary/aromatic N) is 1. The molecule has 0 aliphatic carbocycles. The minimum absolute atomic E-state index is 0.182. The molecule has 4 N–H and O–H groups in total. The standard InChI is InChI=1S/C35H38Cl2N4O8/c1-6-8-23-13-21(14-29(45-4)33(23)49-18-24-9-11-25(36)16-26(24)37)17-38-41-30(42)19-48-27-12-10-22(15-28(27)47-7-2)32-31(34(43)46-5)20(3)39-35(44)40-32/h6,9-17,30,32,41-42H,1,7-8,18-19H2,2-5H3,(H2,39,40,44)/b38-17-/t30-,32-/m0/s1. The number of ether oxygens (including phenoxy) is 5. The van der Waals surface area contributed by atoms with Crippen LogP contribution in [0.25, 0.3) is 0 Å². The molecule has 49 heavy (non-hydrogen) atoms. The van der Waals surface area contributed by atoms with Crippen molar-refractivity contribution in [1.82, 2.24) is 16.1 Å². The van der Waals surface area contributed by atoms with Crippen LogP contribution in [0.15, 0.2) is 77.6 Å². The second kappa shape index (κ2) is 17.5. The Labute approximate surface area is 294 Å². The van der Waals surface area contributed by atoms with Gasteiger partial charge in [-0.1, -0.05) is 41.4 Å². The average molecular weight is 714 g/mol. The van der Waals surface area contributed by atoms with Crippen molar-refractivity contribution in [1.29, 1.82) is 0 Å². The summed E-state index contributed by atoms with van der Waals surface area (Å²) in [5, 5.41) is 21.1. The molecule has 2 amide bonds. The molecule has 0 saturated carbocycles. The number of carbonyl (C=O) groups is 2. The Morgan fingerprint density at radius 2 is 1.86 bits per heavy atom. The third-order valence-corrected chi connectivity index (χ3v) is 7.82. The summed E-state index contributed by atoms with van der Waals surface area (Å²) in [4.78, 5) is 24.7. The summed E-state index contributed by atoms with van der Waals surface area (Å²) in [6.07, 6.45) is 2.58. The summed E-state index contributed by atoms with van der Waals surface area (Å²) in [6.45, 7) is 7.61. The molecule has 260 valence electrons. The predicted octanol–water partition coefficient (Wildman–Crippen LogP) is 5.83. The molecule has 3 aromatic rings. The average Bonchev–Trinajstić information content (AvgIpc) is 3.07. The van der Waals surface area contributed by atoms with Gasteiger partial charge < -0.3 is 39.4 Å². The Morgan fingerprint density at radius 1 is 1.06 bits per heavy atom. The molecule has 0 unspecified atom stereocenters. The second-order valence-electron chi connectivity index (χ2n) is 10.6. The van der Waals surface area contributed by atoms with Crippen molar-refractivity contribution < 1.29 is 38.4 Å². The number of allylic oxidation sites excluding steroid dienone is 2. The predicted molar refractivity (Wildman–Crippen MR) is 187 cm³/mol. The van der Waals surface area contributed by atoms with Gasteiger partial charge in [0.1, 0.15) is 13.2 Å². The highest BCUT2D eigenvalue weighted by atomic mass is 35.5. The van der Waals surface area contributed by atoms with Gasteiger partial charge in [-0.25, -0.2) is 9.59 Å². The highest BCUT2D eigenvalue weighted by Crippen LogP contribution is 2.36. The first kappa shape index (κ1) is 36.9. The molecule has 0 bridgehead atoms. The summed E-state index contributed by atoms with van der Waals surface area (Å²) in [5.41, 5.74) is 6.12. The van der Waals surface area contributed by atoms with Crippen LogP contribution in [0, 0.1) is 0 Å². The van der Waals surface area contributed by atoms with E-state index >= 15 is 0 Å². The molecule has 3 aromatic carbocycles. The van der Waals surface area contributed by atoms with Gasteiger partial charge >= 0.3 is 12.0 Å². The van der Waals surface area contributed by atoms with Crippen molar-refractivity contribution >= 4 is 41.4 Å². The molecule has 0 fully saturated rings. The lowest BCUT2D eigenvalue weighted by Gasteiger charge is -2.28. The Hall–Kier alpha value is -4.91. The van der Waals surface area contributed by atoms with Crippen LogP contribution in [-0.2, 0) is 22.6 Å². The van der Waals surface area contributed by atoms with Crippen molar-refractivity contribution in [2.75, 3.05) is 27.4 Å². The third kappa shape index (κ3) is 9.59. The zero-order valence-electron chi connectivity index (χ0n) is 27.5. The van der Waals surface area contributed by atoms with Crippen molar-refractivity contribution in [2.45, 2.75) is 39.1 Å². The Balaban J connectivity index is 1.43. The molecule has 0 spiro atoms. The summed E-state index contributed by atoms with van der Waals surface area (Å²) in [6, 6.07) is 12.6. The van der Waals surface area contributed by atoms with E-state index in [4.69, 9.17) is 46.9 Å². The van der Waals surface area contributed by atoms with Gasteiger partial charge in [0.25, 0.3) is 0 Å². The number of aliphatic hydroxyl groups excluding tert-OH is 1. The van der Waals surface area contributed by atoms with Crippen LogP contribution in [0.1, 0.15) is 42.1 Å². The van der Waals surface area contributed by atoms with E-state index in [9.17, 15) is 14.7 Å². The number of benzene rings is 3. The maximum Gasteiger partial charge on any atom is 0.337 e. The lowest BCUT2D eigenvalue weighted by molar-refractivity contribution is -0.136. The lowest BCUT2D eigenvalue weighted by Crippen LogP contribution is -2.45. The molecular weight excluding hydrogens is 675 g/mol. The Bertz CT molecular complexity index is 1750. The van der Waals surface area contributed by atoms with Gasteiger partial charge in [0, 0.05) is 26.9 Å². The highest BCUT2D eigenvalue weighted by Gasteiger charge is 2.32. The quantitative estimate of drug-likeness (QED) is 0.0473. The fourth-order valence-corrected chi connectivity index (χ4v) is 5.45. The summed E-state index contributed by atoms with van der Waals surface area (Å²) in [5.74, 6) is 1.13. The van der Waals surface area contributed by atoms with E-state index in [0.717, 1.165) is 11.1 Å². The number of nitrogens with one attached hydrogen (secondary N) is 3. The number of hydrazone groups is 1. The van der Waals surface area contributed by atoms with Crippen molar-refractivity contribution in [3.05, 3.63) is 105 Å². The van der Waals surface area contributed by atoms with Crippen molar-refractivity contribution in [3.63, 3.8) is 0 Å². The Morgan fingerprint density at radius 3 is 2.55 bits per heavy atom. The number of halogens is 2. The van der Waals surface area contributed by atoms with Crippen molar-refractivity contribution in [3.8, 4) is 23.0 Å². The number of hydrogen-bond donors (Lipinski definition) is 4. The first-order valence-electron chi connectivity index (χ1n) is 15.2. The molecule has 0 saturated heterocycles. The van der Waals surface area contributed by atoms with E-state index in [-0.39, 0.29) is 18.8 Å². The number of hydrogen-bond acceptors (Lipinski definition) is 10. The van der Waals surface area contributed by atoms with Crippen LogP contribution in [0.5, 0.6) is 23.0 Å². The van der Waals surface area contributed by atoms with Gasteiger partial charge in [0.15, 0.2) is 29.2 Å². The highest BCUT2D eigenvalue weighted by molar-refractivity contribution is 6.35. The molecule has 1 aliphatic heterocycles. The molecule has 0 aromatic heterocycles. The molecule has 1 heterocycles. The van der Waals surface area contributed by atoms with Crippen molar-refractivity contribution in [2.24, 2.45) is 5.10 Å². The fraction of sp³-hybridized carbons (Fsp3) is 0.286. The maximum absolute atomic E-state index is 12.5. The number of methoxy groups -OCH3 is 2. The van der Waals surface area contributed by atoms with Gasteiger partial charge in [-0.05, 0) is 67.8 Å². The fourth-order valence-electron chi connectivity index (χ4n) is 4.99. The van der Waals surface area contributed by atoms with E-state index in [1.165, 1.54) is 20.4 Å². The smallest absolute Gasteiger partial charge is 0.337 e. The Kier molecular flexibility index (Phi) is 13.2. The monoisotopic (exact) mass is 712 g/mol. The first-order valence-corrected chi connectivity index (χ1v) is 15.9. The zero-order chi connectivity index (χ0) is 35.5. The lowest BCUT2D eigenvalue weighted by atomic mass is 9.95. The van der Waals surface area contributed by atoms with E-state index < -0.39 is 24.3 Å². The SMILES string of the molecule is C=CCc1cc(/C=N\N[C@@H](O)COc2ccc([C@@H]3NC(=O)NC(C)=C3C(=O)OC)cc2OCC)cc(OC)c1OCc1ccc(Cl)cc1Cl. The zero-order valence-corrected chi connectivity index (χ0v) is 29.0. The molecule has 12 nitrogen and oxygen atoms in total. The van der Waals surface area contributed by atoms with Crippen LogP contribution in [0.4, 0.5) is 4.79 Å². The minimum Gasteiger partial charge on any atom is -0.493 e. The number of aliphatic hydroxyl groups is 1. The summed E-state index contributed by atoms with van der Waals surface area (Å²) in [7, 11) is 2.81. The molecular formula is C35H38Cl2N4O8. The van der Waals surface area contributed by atoms with Crippen LogP contribution in [0.3, 0.4) is 0 Å². The summed E-state index contributed by atoms with van der Waals surface area (Å²) >= 11 is 12.3. The van der Waals surface area contributed by atoms with E-state index in [1.807, 2.05) is 6.07 Å². The van der Waals surface area contributed by atoms with E-state index in [2.05, 4.69) is 27.7 Å². The minimum atomic E-state index is -1.19. The largest absolute Gasteiger partial charge is 0.493 e. The van der Waals surface area contributed by atoms with Gasteiger partial charge in [0.05, 0.1) is 38.7 Å². The third-order valence-electron chi connectivity index (χ3n) is 7.23. The molecule has 4 rings (SSSR count). The molecule has 0 radical (unpaired) electrons. The number of esters is 1. The van der Waals surface area contributed by atoms with Crippen LogP contribution >= 0.6 is 23.2 Å². The van der Waals surface area contributed by atoms with Crippen LogP contribution in [0.2, 0.25) is 10.0 Å². The van der Waals surface area contributed by atoms with Crippen LogP contribution in [-0.4, -0.2) is 57.0 Å².